The van der Waals surface area contributed by atoms with E-state index in [0.29, 0.717) is 5.69 Å². The fourth-order valence-electron chi connectivity index (χ4n) is 2.65. The second-order valence-corrected chi connectivity index (χ2v) is 6.70. The van der Waals surface area contributed by atoms with E-state index in [9.17, 15) is 22.4 Å². The van der Waals surface area contributed by atoms with Crippen LogP contribution in [0, 0.1) is 12.7 Å². The number of hydrogen-bond acceptors (Lipinski definition) is 3. The number of rotatable bonds is 6. The van der Waals surface area contributed by atoms with Crippen molar-refractivity contribution in [1.29, 1.82) is 0 Å². The van der Waals surface area contributed by atoms with Crippen LogP contribution in [0.1, 0.15) is 23.4 Å². The van der Waals surface area contributed by atoms with Crippen molar-refractivity contribution in [3.8, 4) is 0 Å². The van der Waals surface area contributed by atoms with Gasteiger partial charge in [0.1, 0.15) is 5.82 Å². The van der Waals surface area contributed by atoms with Crippen LogP contribution in [0.4, 0.5) is 23.4 Å². The van der Waals surface area contributed by atoms with Gasteiger partial charge in [0.15, 0.2) is 11.5 Å². The zero-order chi connectivity index (χ0) is 21.2. The number of hydrogen-bond donors (Lipinski definition) is 1. The van der Waals surface area contributed by atoms with E-state index in [1.807, 2.05) is 0 Å². The number of benzene rings is 1. The van der Waals surface area contributed by atoms with Crippen LogP contribution in [-0.2, 0) is 24.1 Å². The number of halogens is 5. The first-order valence-electron chi connectivity index (χ1n) is 8.51. The molecule has 0 aliphatic heterocycles. The fourth-order valence-corrected chi connectivity index (χ4v) is 2.87. The second-order valence-electron chi connectivity index (χ2n) is 6.29. The summed E-state index contributed by atoms with van der Waals surface area (Å²) in [6.07, 6.45) is -3.08. The molecule has 11 heteroatoms. The molecule has 2 heterocycles. The summed E-state index contributed by atoms with van der Waals surface area (Å²) in [6.45, 7) is 1.54. The summed E-state index contributed by atoms with van der Waals surface area (Å²) in [5.41, 5.74) is -0.429. The molecule has 1 N–H and O–H groups in total. The smallest absolute Gasteiger partial charge is 0.309 e. The molecule has 3 rings (SSSR count). The molecular formula is C18H16ClF4N5O. The molecule has 1 aromatic carbocycles. The monoisotopic (exact) mass is 429 g/mol. The molecule has 0 unspecified atom stereocenters. The van der Waals surface area contributed by atoms with Crippen LogP contribution in [-0.4, -0.2) is 25.5 Å². The van der Waals surface area contributed by atoms with Crippen molar-refractivity contribution in [3.05, 3.63) is 64.3 Å². The molecule has 154 valence electrons. The van der Waals surface area contributed by atoms with Crippen molar-refractivity contribution >= 4 is 23.3 Å². The topological polar surface area (TPSA) is 64.7 Å². The molecule has 0 radical (unpaired) electrons. The maximum Gasteiger partial charge on any atom is 0.435 e. The van der Waals surface area contributed by atoms with Crippen LogP contribution < -0.4 is 5.32 Å². The van der Waals surface area contributed by atoms with Crippen molar-refractivity contribution in [1.82, 2.24) is 19.6 Å². The first kappa shape index (κ1) is 20.8. The number of nitrogens with one attached hydrogen (secondary N) is 1. The van der Waals surface area contributed by atoms with Gasteiger partial charge in [-0.2, -0.15) is 23.4 Å². The van der Waals surface area contributed by atoms with E-state index in [-0.39, 0.29) is 35.9 Å². The van der Waals surface area contributed by atoms with Crippen molar-refractivity contribution in [2.24, 2.45) is 0 Å². The van der Waals surface area contributed by atoms with E-state index in [0.717, 1.165) is 10.7 Å². The van der Waals surface area contributed by atoms with Crippen molar-refractivity contribution in [2.45, 2.75) is 32.6 Å². The van der Waals surface area contributed by atoms with Crippen LogP contribution >= 0.6 is 11.6 Å². The Hall–Kier alpha value is -2.88. The van der Waals surface area contributed by atoms with Gasteiger partial charge in [-0.1, -0.05) is 17.7 Å². The SMILES string of the molecule is Cc1cc(C(F)(F)F)nn1CCC(=O)Nc1ccn(Cc2c(F)cccc2Cl)n1. The molecule has 29 heavy (non-hydrogen) atoms. The molecule has 0 atom stereocenters. The number of aromatic nitrogens is 4. The summed E-state index contributed by atoms with van der Waals surface area (Å²) in [4.78, 5) is 12.1. The minimum atomic E-state index is -4.54. The molecule has 0 bridgehead atoms. The predicted molar refractivity (Wildman–Crippen MR) is 98.0 cm³/mol. The number of carbonyl (C=O) groups excluding carboxylic acids is 1. The third kappa shape index (κ3) is 5.14. The Morgan fingerprint density at radius 1 is 1.24 bits per heavy atom. The van der Waals surface area contributed by atoms with Gasteiger partial charge >= 0.3 is 6.18 Å². The first-order valence-corrected chi connectivity index (χ1v) is 8.89. The molecule has 0 aliphatic carbocycles. The maximum absolute atomic E-state index is 13.8. The first-order chi connectivity index (χ1) is 13.6. The van der Waals surface area contributed by atoms with Crippen LogP contribution in [0.2, 0.25) is 5.02 Å². The zero-order valence-electron chi connectivity index (χ0n) is 15.2. The number of anilines is 1. The van der Waals surface area contributed by atoms with Gasteiger partial charge in [0.05, 0.1) is 6.54 Å². The molecule has 6 nitrogen and oxygen atoms in total. The number of amides is 1. The lowest BCUT2D eigenvalue weighted by Crippen LogP contribution is -2.16. The van der Waals surface area contributed by atoms with E-state index in [1.54, 1.807) is 12.3 Å². The van der Waals surface area contributed by atoms with Gasteiger partial charge in [0.2, 0.25) is 5.91 Å². The van der Waals surface area contributed by atoms with E-state index < -0.39 is 23.6 Å². The Labute approximate surface area is 168 Å². The van der Waals surface area contributed by atoms with Gasteiger partial charge in [-0.15, -0.1) is 0 Å². The molecule has 0 aliphatic rings. The average Bonchev–Trinajstić information content (AvgIpc) is 3.22. The highest BCUT2D eigenvalue weighted by Gasteiger charge is 2.34. The van der Waals surface area contributed by atoms with Gasteiger partial charge in [-0.25, -0.2) is 4.39 Å². The summed E-state index contributed by atoms with van der Waals surface area (Å²) in [5, 5.41) is 10.4. The summed E-state index contributed by atoms with van der Waals surface area (Å²) in [5.74, 6) is -0.676. The van der Waals surface area contributed by atoms with Crippen LogP contribution in [0.3, 0.4) is 0 Å². The lowest BCUT2D eigenvalue weighted by atomic mass is 10.2. The lowest BCUT2D eigenvalue weighted by molar-refractivity contribution is -0.141. The fraction of sp³-hybridized carbons (Fsp3) is 0.278. The third-order valence-electron chi connectivity index (χ3n) is 4.11. The molecule has 3 aromatic rings. The standard InChI is InChI=1S/C18H16ClF4N5O/c1-11-9-15(18(21,22)23)25-28(11)8-6-17(29)24-16-5-7-27(26-16)10-12-13(19)3-2-4-14(12)20/h2-5,7,9H,6,8,10H2,1H3,(H,24,26,29). The van der Waals surface area contributed by atoms with Gasteiger partial charge in [0, 0.05) is 41.5 Å². The quantitative estimate of drug-likeness (QED) is 0.595. The van der Waals surface area contributed by atoms with E-state index in [4.69, 9.17) is 11.6 Å². The molecule has 0 saturated carbocycles. The van der Waals surface area contributed by atoms with Crippen molar-refractivity contribution in [3.63, 3.8) is 0 Å². The largest absolute Gasteiger partial charge is 0.435 e. The number of alkyl halides is 3. The molecule has 0 fully saturated rings. The maximum atomic E-state index is 13.8. The Morgan fingerprint density at radius 3 is 2.66 bits per heavy atom. The van der Waals surface area contributed by atoms with Crippen molar-refractivity contribution < 1.29 is 22.4 Å². The lowest BCUT2D eigenvalue weighted by Gasteiger charge is -2.06. The molecule has 1 amide bonds. The summed E-state index contributed by atoms with van der Waals surface area (Å²) in [6, 6.07) is 6.79. The molecule has 0 saturated heterocycles. The number of nitrogens with zero attached hydrogens (tertiary/aromatic N) is 4. The van der Waals surface area contributed by atoms with E-state index in [2.05, 4.69) is 15.5 Å². The molecule has 0 spiro atoms. The van der Waals surface area contributed by atoms with Crippen LogP contribution in [0.15, 0.2) is 36.5 Å². The third-order valence-corrected chi connectivity index (χ3v) is 4.47. The predicted octanol–water partition coefficient (Wildman–Crippen LogP) is 4.28. The Morgan fingerprint density at radius 2 is 2.00 bits per heavy atom. The Bertz CT molecular complexity index is 1010. The molecule has 2 aromatic heterocycles. The van der Waals surface area contributed by atoms with Crippen LogP contribution in [0.25, 0.3) is 0 Å². The zero-order valence-corrected chi connectivity index (χ0v) is 15.9. The second kappa shape index (κ2) is 8.24. The summed E-state index contributed by atoms with van der Waals surface area (Å²) >= 11 is 5.98. The number of carbonyl (C=O) groups is 1. The van der Waals surface area contributed by atoms with Gasteiger partial charge in [-0.05, 0) is 25.1 Å². The van der Waals surface area contributed by atoms with Gasteiger partial charge in [0.25, 0.3) is 0 Å². The highest BCUT2D eigenvalue weighted by Crippen LogP contribution is 2.28. The minimum absolute atomic E-state index is 0.0146. The highest BCUT2D eigenvalue weighted by molar-refractivity contribution is 6.31. The normalized spacial score (nSPS) is 11.7. The summed E-state index contributed by atoms with van der Waals surface area (Å²) < 4.78 is 54.4. The van der Waals surface area contributed by atoms with Gasteiger partial charge in [-0.3, -0.25) is 14.2 Å². The Balaban J connectivity index is 1.58. The summed E-state index contributed by atoms with van der Waals surface area (Å²) in [7, 11) is 0. The molecular weight excluding hydrogens is 414 g/mol. The van der Waals surface area contributed by atoms with Crippen LogP contribution in [0.5, 0.6) is 0 Å². The van der Waals surface area contributed by atoms with E-state index >= 15 is 0 Å². The average molecular weight is 430 g/mol. The van der Waals surface area contributed by atoms with Crippen molar-refractivity contribution in [2.75, 3.05) is 5.32 Å². The Kier molecular flexibility index (Phi) is 5.92. The van der Waals surface area contributed by atoms with E-state index in [1.165, 1.54) is 29.8 Å². The number of aryl methyl sites for hydroxylation is 2. The minimum Gasteiger partial charge on any atom is -0.309 e. The highest BCUT2D eigenvalue weighted by atomic mass is 35.5. The van der Waals surface area contributed by atoms with Gasteiger partial charge < -0.3 is 5.32 Å².